The molecular weight excluding hydrogens is 304 g/mol. The molecule has 2 heterocycles. The quantitative estimate of drug-likeness (QED) is 0.798. The number of aryl methyl sites for hydroxylation is 1. The Balaban J connectivity index is 1.83. The Labute approximate surface area is 128 Å². The fraction of sp³-hybridized carbons (Fsp3) is 0.333. The minimum absolute atomic E-state index is 0.144. The van der Waals surface area contributed by atoms with Crippen LogP contribution in [-0.2, 0) is 28.8 Å². The molecule has 2 aromatic rings. The fourth-order valence-corrected chi connectivity index (χ4v) is 3.50. The number of aromatic nitrogens is 2. The van der Waals surface area contributed by atoms with Gasteiger partial charge in [-0.05, 0) is 18.4 Å². The number of rotatable bonds is 4. The summed E-state index contributed by atoms with van der Waals surface area (Å²) < 4.78 is 30.7. The summed E-state index contributed by atoms with van der Waals surface area (Å²) in [6.45, 7) is 0.623. The Morgan fingerprint density at radius 2 is 1.95 bits per heavy atom. The van der Waals surface area contributed by atoms with E-state index in [1.165, 1.54) is 0 Å². The van der Waals surface area contributed by atoms with Crippen LogP contribution in [0, 0.1) is 0 Å². The average Bonchev–Trinajstić information content (AvgIpc) is 2.47. The first kappa shape index (κ1) is 14.8. The predicted octanol–water partition coefficient (Wildman–Crippen LogP) is 1.49. The Bertz CT molecular complexity index is 828. The smallest absolute Gasteiger partial charge is 0.314 e. The summed E-state index contributed by atoms with van der Waals surface area (Å²) in [6.07, 6.45) is 2.53. The zero-order chi connectivity index (χ0) is 15.6. The molecule has 0 fully saturated rings. The molecule has 0 bridgehead atoms. The maximum Gasteiger partial charge on any atom is 0.314 e. The van der Waals surface area contributed by atoms with Crippen LogP contribution in [0.15, 0.2) is 41.2 Å². The van der Waals surface area contributed by atoms with Gasteiger partial charge in [-0.1, -0.05) is 30.3 Å². The summed E-state index contributed by atoms with van der Waals surface area (Å²) in [5.74, 6) is 0.186. The molecule has 0 saturated carbocycles. The molecule has 0 N–H and O–H groups in total. The summed E-state index contributed by atoms with van der Waals surface area (Å²) in [7, 11) is -3.84. The molecule has 1 aromatic carbocycles. The van der Waals surface area contributed by atoms with E-state index in [1.807, 2.05) is 6.07 Å². The zero-order valence-electron chi connectivity index (χ0n) is 11.9. The normalized spacial score (nSPS) is 14.4. The number of hydrogen-bond donors (Lipinski definition) is 0. The van der Waals surface area contributed by atoms with Crippen molar-refractivity contribution in [3.63, 3.8) is 0 Å². The third-order valence-corrected chi connectivity index (χ3v) is 4.61. The fourth-order valence-electron chi connectivity index (χ4n) is 2.49. The van der Waals surface area contributed by atoms with Crippen LogP contribution in [0.2, 0.25) is 0 Å². The predicted molar refractivity (Wildman–Crippen MR) is 81.1 cm³/mol. The molecule has 22 heavy (non-hydrogen) atoms. The second kappa shape index (κ2) is 5.92. The number of hydrogen-bond acceptors (Lipinski definition) is 5. The van der Waals surface area contributed by atoms with Crippen molar-refractivity contribution in [1.29, 1.82) is 0 Å². The maximum atomic E-state index is 12.1. The van der Waals surface area contributed by atoms with E-state index in [0.29, 0.717) is 24.4 Å². The lowest BCUT2D eigenvalue weighted by atomic mass is 10.1. The highest BCUT2D eigenvalue weighted by molar-refractivity contribution is 7.86. The molecule has 1 aliphatic rings. The first-order valence-corrected chi connectivity index (χ1v) is 8.68. The summed E-state index contributed by atoms with van der Waals surface area (Å²) in [5, 5.41) is 0. The molecular formula is C15H16N2O4S. The van der Waals surface area contributed by atoms with Crippen LogP contribution in [0.5, 0.6) is 5.88 Å². The van der Waals surface area contributed by atoms with Crippen LogP contribution >= 0.6 is 0 Å². The van der Waals surface area contributed by atoms with Gasteiger partial charge in [0.15, 0.2) is 0 Å². The summed E-state index contributed by atoms with van der Waals surface area (Å²) in [5.41, 5.74) is 0.354. The van der Waals surface area contributed by atoms with E-state index < -0.39 is 10.1 Å². The Hall–Kier alpha value is -2.15. The third kappa shape index (κ3) is 3.36. The van der Waals surface area contributed by atoms with Crippen molar-refractivity contribution < 1.29 is 12.6 Å². The molecule has 3 rings (SSSR count). The van der Waals surface area contributed by atoms with E-state index in [2.05, 4.69) is 4.98 Å². The van der Waals surface area contributed by atoms with E-state index in [9.17, 15) is 13.2 Å². The van der Waals surface area contributed by atoms with Crippen molar-refractivity contribution in [3.8, 4) is 5.88 Å². The standard InChI is InChI=1S/C15H16N2O4S/c18-15-10-14(16-13-8-4-5-9-17(13)15)21-22(19,20)11-12-6-2-1-3-7-12/h1-3,6-7,10H,4-5,8-9,11H2. The molecule has 0 radical (unpaired) electrons. The van der Waals surface area contributed by atoms with Crippen LogP contribution in [0.4, 0.5) is 0 Å². The molecule has 0 aliphatic carbocycles. The van der Waals surface area contributed by atoms with E-state index in [1.54, 1.807) is 28.8 Å². The minimum atomic E-state index is -3.84. The van der Waals surface area contributed by atoms with Gasteiger partial charge >= 0.3 is 10.1 Å². The van der Waals surface area contributed by atoms with Crippen LogP contribution < -0.4 is 9.74 Å². The lowest BCUT2D eigenvalue weighted by molar-refractivity contribution is 0.450. The first-order chi connectivity index (χ1) is 10.5. The number of nitrogens with zero attached hydrogens (tertiary/aromatic N) is 2. The van der Waals surface area contributed by atoms with Crippen LogP contribution in [0.25, 0.3) is 0 Å². The summed E-state index contributed by atoms with van der Waals surface area (Å²) in [6, 6.07) is 9.87. The molecule has 0 amide bonds. The molecule has 0 unspecified atom stereocenters. The van der Waals surface area contributed by atoms with E-state index >= 15 is 0 Å². The molecule has 0 saturated heterocycles. The maximum absolute atomic E-state index is 12.1. The molecule has 0 atom stereocenters. The van der Waals surface area contributed by atoms with Gasteiger partial charge in [0.05, 0.1) is 6.07 Å². The van der Waals surface area contributed by atoms with Gasteiger partial charge in [0.25, 0.3) is 5.56 Å². The zero-order valence-corrected chi connectivity index (χ0v) is 12.8. The van der Waals surface area contributed by atoms with Gasteiger partial charge in [-0.15, -0.1) is 0 Å². The van der Waals surface area contributed by atoms with Gasteiger partial charge in [0, 0.05) is 13.0 Å². The third-order valence-electron chi connectivity index (χ3n) is 3.49. The summed E-state index contributed by atoms with van der Waals surface area (Å²) >= 11 is 0. The van der Waals surface area contributed by atoms with Crippen LogP contribution in [0.3, 0.4) is 0 Å². The SMILES string of the molecule is O=c1cc(OS(=O)(=O)Cc2ccccc2)nc2n1CCCC2. The molecule has 7 heteroatoms. The van der Waals surface area contributed by atoms with Crippen molar-refractivity contribution in [1.82, 2.24) is 9.55 Å². The van der Waals surface area contributed by atoms with E-state index in [0.717, 1.165) is 18.9 Å². The van der Waals surface area contributed by atoms with Crippen LogP contribution in [0.1, 0.15) is 24.2 Å². The van der Waals surface area contributed by atoms with Crippen molar-refractivity contribution >= 4 is 10.1 Å². The number of fused-ring (bicyclic) bond motifs is 1. The highest BCUT2D eigenvalue weighted by atomic mass is 32.2. The Kier molecular flexibility index (Phi) is 3.98. The van der Waals surface area contributed by atoms with Crippen LogP contribution in [-0.4, -0.2) is 18.0 Å². The second-order valence-corrected chi connectivity index (χ2v) is 6.80. The van der Waals surface area contributed by atoms with Gasteiger partial charge in [0.2, 0.25) is 5.88 Å². The summed E-state index contributed by atoms with van der Waals surface area (Å²) in [4.78, 5) is 16.1. The van der Waals surface area contributed by atoms with Crippen molar-refractivity contribution in [2.24, 2.45) is 0 Å². The van der Waals surface area contributed by atoms with Crippen molar-refractivity contribution in [2.45, 2.75) is 31.6 Å². The highest BCUT2D eigenvalue weighted by Crippen LogP contribution is 2.16. The largest absolute Gasteiger partial charge is 0.361 e. The lowest BCUT2D eigenvalue weighted by Gasteiger charge is -2.17. The second-order valence-electron chi connectivity index (χ2n) is 5.23. The van der Waals surface area contributed by atoms with E-state index in [4.69, 9.17) is 4.18 Å². The lowest BCUT2D eigenvalue weighted by Crippen LogP contribution is -2.28. The monoisotopic (exact) mass is 320 g/mol. The van der Waals surface area contributed by atoms with Gasteiger partial charge in [-0.2, -0.15) is 13.4 Å². The van der Waals surface area contributed by atoms with E-state index in [-0.39, 0.29) is 17.2 Å². The van der Waals surface area contributed by atoms with Gasteiger partial charge in [0.1, 0.15) is 11.6 Å². The van der Waals surface area contributed by atoms with Crippen molar-refractivity contribution in [3.05, 3.63) is 58.1 Å². The first-order valence-electron chi connectivity index (χ1n) is 7.10. The van der Waals surface area contributed by atoms with Crippen molar-refractivity contribution in [2.75, 3.05) is 0 Å². The van der Waals surface area contributed by atoms with Gasteiger partial charge in [-0.25, -0.2) is 0 Å². The highest BCUT2D eigenvalue weighted by Gasteiger charge is 2.18. The molecule has 116 valence electrons. The Morgan fingerprint density at radius 3 is 2.73 bits per heavy atom. The molecule has 1 aliphatic heterocycles. The molecule has 0 spiro atoms. The average molecular weight is 320 g/mol. The topological polar surface area (TPSA) is 78.3 Å². The van der Waals surface area contributed by atoms with Gasteiger partial charge < -0.3 is 4.18 Å². The molecule has 1 aromatic heterocycles. The minimum Gasteiger partial charge on any atom is -0.361 e. The Morgan fingerprint density at radius 1 is 1.18 bits per heavy atom. The number of benzene rings is 1. The molecule has 6 nitrogen and oxygen atoms in total. The van der Waals surface area contributed by atoms with Gasteiger partial charge in [-0.3, -0.25) is 9.36 Å².